The summed E-state index contributed by atoms with van der Waals surface area (Å²) in [7, 11) is 0. The van der Waals surface area contributed by atoms with Gasteiger partial charge in [0.15, 0.2) is 5.78 Å². The second kappa shape index (κ2) is 3.54. The van der Waals surface area contributed by atoms with Crippen LogP contribution in [0.5, 0.6) is 0 Å². The summed E-state index contributed by atoms with van der Waals surface area (Å²) < 4.78 is 0. The Kier molecular flexibility index (Phi) is 2.35. The molecule has 1 aromatic carbocycles. The fourth-order valence-corrected chi connectivity index (χ4v) is 1.80. The van der Waals surface area contributed by atoms with Crippen molar-refractivity contribution in [3.05, 3.63) is 28.8 Å². The van der Waals surface area contributed by atoms with E-state index in [0.717, 1.165) is 0 Å². The summed E-state index contributed by atoms with van der Waals surface area (Å²) in [6, 6.07) is 5.45. The molecule has 0 aliphatic carbocycles. The number of fused-ring (bicyclic) bond motifs is 1. The summed E-state index contributed by atoms with van der Waals surface area (Å²) >= 11 is 5.77. The fourth-order valence-electron chi connectivity index (χ4n) is 1.61. The number of carbonyl (C=O) groups excluding carboxylic acids is 1. The number of hydrogen-bond donors (Lipinski definition) is 1. The van der Waals surface area contributed by atoms with Gasteiger partial charge in [0, 0.05) is 11.4 Å². The monoisotopic (exact) mass is 222 g/mol. The van der Waals surface area contributed by atoms with Gasteiger partial charge in [-0.25, -0.2) is 5.06 Å². The lowest BCUT2D eigenvalue weighted by Crippen LogP contribution is -2.42. The van der Waals surface area contributed by atoms with Crippen LogP contribution in [-0.2, 0) is 11.2 Å². The van der Waals surface area contributed by atoms with Gasteiger partial charge in [-0.3, -0.25) is 10.0 Å². The minimum atomic E-state index is -1.11. The van der Waals surface area contributed by atoms with E-state index in [1.165, 1.54) is 0 Å². The van der Waals surface area contributed by atoms with Gasteiger partial charge in [-0.05, 0) is 23.8 Å². The molecule has 0 aromatic heterocycles. The van der Waals surface area contributed by atoms with Gasteiger partial charge in [0.2, 0.25) is 6.04 Å². The topological polar surface area (TPSA) is 64.3 Å². The van der Waals surface area contributed by atoms with Crippen molar-refractivity contribution >= 4 is 23.1 Å². The number of hydrogen-bond acceptors (Lipinski definition) is 4. The van der Waals surface area contributed by atoms with Crippen molar-refractivity contribution in [2.45, 2.75) is 12.5 Å². The lowest BCUT2D eigenvalue weighted by atomic mass is 9.97. The van der Waals surface area contributed by atoms with E-state index in [0.29, 0.717) is 21.3 Å². The highest BCUT2D eigenvalue weighted by atomic mass is 35.5. The molecule has 0 fully saturated rings. The van der Waals surface area contributed by atoms with Crippen LogP contribution in [0.1, 0.15) is 5.56 Å². The Morgan fingerprint density at radius 2 is 2.33 bits per heavy atom. The first kappa shape index (κ1) is 9.97. The molecule has 0 bridgehead atoms. The average molecular weight is 223 g/mol. The van der Waals surface area contributed by atoms with Crippen molar-refractivity contribution in [1.82, 2.24) is 0 Å². The molecule has 0 saturated carbocycles. The third-order valence-corrected chi connectivity index (χ3v) is 2.56. The van der Waals surface area contributed by atoms with Crippen molar-refractivity contribution in [2.24, 2.45) is 0 Å². The minimum absolute atomic E-state index is 0.130. The number of rotatable bonds is 0. The van der Waals surface area contributed by atoms with Crippen molar-refractivity contribution in [2.75, 3.05) is 5.06 Å². The Bertz CT molecular complexity index is 467. The quantitative estimate of drug-likeness (QED) is 0.724. The standard InChI is InChI=1S/C10H7ClN2O2/c11-7-1-2-8-6(3-7)4-10(14)9(5-12)13(8)15/h1-3,9,15H,4H2. The first-order valence-electron chi connectivity index (χ1n) is 4.32. The number of benzene rings is 1. The van der Waals surface area contributed by atoms with Gasteiger partial charge in [-0.2, -0.15) is 5.26 Å². The highest BCUT2D eigenvalue weighted by Crippen LogP contribution is 2.29. The molecular formula is C10H7ClN2O2. The number of halogens is 1. The Balaban J connectivity index is 2.51. The van der Waals surface area contributed by atoms with E-state index < -0.39 is 6.04 Å². The van der Waals surface area contributed by atoms with Crippen molar-refractivity contribution in [3.8, 4) is 6.07 Å². The van der Waals surface area contributed by atoms with Gasteiger partial charge >= 0.3 is 0 Å². The van der Waals surface area contributed by atoms with E-state index in [1.807, 2.05) is 0 Å². The van der Waals surface area contributed by atoms with Crippen LogP contribution in [0.15, 0.2) is 18.2 Å². The zero-order valence-electron chi connectivity index (χ0n) is 7.64. The van der Waals surface area contributed by atoms with Crippen LogP contribution in [0, 0.1) is 11.3 Å². The normalized spacial score (nSPS) is 19.7. The number of ketones is 1. The summed E-state index contributed by atoms with van der Waals surface area (Å²) in [5, 5.41) is 19.5. The molecule has 15 heavy (non-hydrogen) atoms. The summed E-state index contributed by atoms with van der Waals surface area (Å²) in [6.07, 6.45) is 0.130. The smallest absolute Gasteiger partial charge is 0.200 e. The van der Waals surface area contributed by atoms with E-state index >= 15 is 0 Å². The van der Waals surface area contributed by atoms with Crippen molar-refractivity contribution in [1.29, 1.82) is 5.26 Å². The third kappa shape index (κ3) is 1.56. The fraction of sp³-hybridized carbons (Fsp3) is 0.200. The maximum absolute atomic E-state index is 11.4. The van der Waals surface area contributed by atoms with Gasteiger partial charge in [0.25, 0.3) is 0 Å². The molecule has 1 atom stereocenters. The highest BCUT2D eigenvalue weighted by Gasteiger charge is 2.32. The number of carbonyl (C=O) groups is 1. The lowest BCUT2D eigenvalue weighted by Gasteiger charge is -2.28. The largest absolute Gasteiger partial charge is 0.296 e. The molecule has 1 heterocycles. The zero-order chi connectivity index (χ0) is 11.0. The second-order valence-electron chi connectivity index (χ2n) is 3.29. The highest BCUT2D eigenvalue weighted by molar-refractivity contribution is 6.30. The molecule has 1 aromatic rings. The molecule has 0 saturated heterocycles. The molecule has 0 amide bonds. The van der Waals surface area contributed by atoms with E-state index in [-0.39, 0.29) is 12.2 Å². The molecule has 0 spiro atoms. The predicted molar refractivity (Wildman–Crippen MR) is 53.8 cm³/mol. The lowest BCUT2D eigenvalue weighted by molar-refractivity contribution is -0.120. The van der Waals surface area contributed by atoms with Crippen LogP contribution >= 0.6 is 11.6 Å². The van der Waals surface area contributed by atoms with E-state index in [9.17, 15) is 10.0 Å². The minimum Gasteiger partial charge on any atom is -0.296 e. The van der Waals surface area contributed by atoms with Crippen LogP contribution in [0.3, 0.4) is 0 Å². The number of anilines is 1. The molecule has 4 nitrogen and oxygen atoms in total. The third-order valence-electron chi connectivity index (χ3n) is 2.32. The van der Waals surface area contributed by atoms with E-state index in [4.69, 9.17) is 16.9 Å². The molecule has 0 radical (unpaired) electrons. The second-order valence-corrected chi connectivity index (χ2v) is 3.73. The van der Waals surface area contributed by atoms with Crippen LogP contribution < -0.4 is 5.06 Å². The van der Waals surface area contributed by atoms with Crippen LogP contribution in [0.2, 0.25) is 5.02 Å². The van der Waals surface area contributed by atoms with E-state index in [2.05, 4.69) is 0 Å². The first-order chi connectivity index (χ1) is 7.13. The number of Topliss-reactive ketones (excluding diaryl/α,β-unsaturated/α-hetero) is 1. The summed E-state index contributed by atoms with van der Waals surface area (Å²) in [4.78, 5) is 11.4. The molecule has 1 aliphatic heterocycles. The average Bonchev–Trinajstić information content (AvgIpc) is 2.17. The van der Waals surface area contributed by atoms with E-state index in [1.54, 1.807) is 24.3 Å². The summed E-state index contributed by atoms with van der Waals surface area (Å²) in [5.74, 6) is -0.324. The molecule has 1 aliphatic rings. The zero-order valence-corrected chi connectivity index (χ0v) is 8.40. The molecule has 76 valence electrons. The Morgan fingerprint density at radius 3 is 3.00 bits per heavy atom. The number of nitrogens with zero attached hydrogens (tertiary/aromatic N) is 2. The van der Waals surface area contributed by atoms with Crippen molar-refractivity contribution in [3.63, 3.8) is 0 Å². The van der Waals surface area contributed by atoms with Gasteiger partial charge in [0.1, 0.15) is 0 Å². The van der Waals surface area contributed by atoms with Crippen LogP contribution in [-0.4, -0.2) is 17.0 Å². The van der Waals surface area contributed by atoms with Gasteiger partial charge in [0.05, 0.1) is 11.8 Å². The van der Waals surface area contributed by atoms with Gasteiger partial charge < -0.3 is 0 Å². The predicted octanol–water partition coefficient (Wildman–Crippen LogP) is 1.55. The summed E-state index contributed by atoms with van der Waals surface area (Å²) in [6.45, 7) is 0. The SMILES string of the molecule is N#CC1C(=O)Cc2cc(Cl)ccc2N1O. The first-order valence-corrected chi connectivity index (χ1v) is 4.70. The maximum atomic E-state index is 11.4. The Hall–Kier alpha value is -1.57. The van der Waals surface area contributed by atoms with Gasteiger partial charge in [-0.1, -0.05) is 11.6 Å². The van der Waals surface area contributed by atoms with Crippen LogP contribution in [0.25, 0.3) is 0 Å². The Labute approximate surface area is 91.3 Å². The molecule has 1 N–H and O–H groups in total. The molecule has 2 rings (SSSR count). The molecule has 1 unspecified atom stereocenters. The maximum Gasteiger partial charge on any atom is 0.200 e. The number of hydroxylamine groups is 1. The van der Waals surface area contributed by atoms with Crippen LogP contribution in [0.4, 0.5) is 5.69 Å². The number of nitriles is 1. The van der Waals surface area contributed by atoms with Gasteiger partial charge in [-0.15, -0.1) is 0 Å². The Morgan fingerprint density at radius 1 is 1.60 bits per heavy atom. The van der Waals surface area contributed by atoms with Crippen molar-refractivity contribution < 1.29 is 10.0 Å². The molecule has 5 heteroatoms. The molecular weight excluding hydrogens is 216 g/mol. The summed E-state index contributed by atoms with van der Waals surface area (Å²) in [5.41, 5.74) is 1.10.